The van der Waals surface area contributed by atoms with Gasteiger partial charge in [0.2, 0.25) is 0 Å². The van der Waals surface area contributed by atoms with Gasteiger partial charge in [-0.3, -0.25) is 4.79 Å². The van der Waals surface area contributed by atoms with Crippen LogP contribution in [0.3, 0.4) is 0 Å². The number of nitrogens with one attached hydrogen (secondary N) is 1. The van der Waals surface area contributed by atoms with Gasteiger partial charge in [-0.2, -0.15) is 0 Å². The first-order chi connectivity index (χ1) is 9.16. The fourth-order valence-corrected chi connectivity index (χ4v) is 2.38. The van der Waals surface area contributed by atoms with Gasteiger partial charge in [0.05, 0.1) is 5.92 Å². The van der Waals surface area contributed by atoms with Crippen LogP contribution in [0.5, 0.6) is 11.5 Å². The number of aliphatic carboxylic acids is 1. The van der Waals surface area contributed by atoms with Gasteiger partial charge in [-0.05, 0) is 56.1 Å². The molecule has 1 aromatic rings. The van der Waals surface area contributed by atoms with E-state index in [1.54, 1.807) is 12.1 Å². The van der Waals surface area contributed by atoms with Crippen molar-refractivity contribution < 1.29 is 19.7 Å². The van der Waals surface area contributed by atoms with Gasteiger partial charge < -0.3 is 20.3 Å². The molecule has 0 aliphatic carbocycles. The van der Waals surface area contributed by atoms with Crippen molar-refractivity contribution in [3.05, 3.63) is 24.3 Å². The van der Waals surface area contributed by atoms with E-state index >= 15 is 0 Å². The molecule has 1 atom stereocenters. The Kier molecular flexibility index (Phi) is 4.63. The summed E-state index contributed by atoms with van der Waals surface area (Å²) in [6, 6.07) is 6.32. The van der Waals surface area contributed by atoms with Gasteiger partial charge in [-0.1, -0.05) is 0 Å². The van der Waals surface area contributed by atoms with Crippen molar-refractivity contribution in [2.24, 2.45) is 11.8 Å². The molecule has 104 valence electrons. The number of benzene rings is 1. The van der Waals surface area contributed by atoms with E-state index in [-0.39, 0.29) is 18.3 Å². The average molecular weight is 265 g/mol. The SMILES string of the molecule is O=C(O)C(COc1ccc(O)cc1)C1CCNCC1. The maximum absolute atomic E-state index is 11.3. The zero-order valence-electron chi connectivity index (χ0n) is 10.7. The van der Waals surface area contributed by atoms with Crippen LogP contribution in [-0.2, 0) is 4.79 Å². The largest absolute Gasteiger partial charge is 0.508 e. The summed E-state index contributed by atoms with van der Waals surface area (Å²) < 4.78 is 5.53. The Morgan fingerprint density at radius 1 is 1.32 bits per heavy atom. The van der Waals surface area contributed by atoms with Crippen molar-refractivity contribution in [2.75, 3.05) is 19.7 Å². The second kappa shape index (κ2) is 6.43. The summed E-state index contributed by atoms with van der Waals surface area (Å²) in [4.78, 5) is 11.3. The molecule has 5 heteroatoms. The molecule has 19 heavy (non-hydrogen) atoms. The molecule has 0 spiro atoms. The first-order valence-electron chi connectivity index (χ1n) is 6.52. The second-order valence-electron chi connectivity index (χ2n) is 4.84. The molecule has 0 radical (unpaired) electrons. The molecule has 0 amide bonds. The highest BCUT2D eigenvalue weighted by molar-refractivity contribution is 5.70. The van der Waals surface area contributed by atoms with E-state index in [9.17, 15) is 9.90 Å². The van der Waals surface area contributed by atoms with Crippen LogP contribution in [0, 0.1) is 11.8 Å². The number of phenolic OH excluding ortho intramolecular Hbond substituents is 1. The third kappa shape index (κ3) is 3.86. The predicted octanol–water partition coefficient (Wildman–Crippen LogP) is 1.47. The molecule has 1 aliphatic heterocycles. The number of phenols is 1. The number of rotatable bonds is 5. The fraction of sp³-hybridized carbons (Fsp3) is 0.500. The van der Waals surface area contributed by atoms with Crippen LogP contribution >= 0.6 is 0 Å². The monoisotopic (exact) mass is 265 g/mol. The highest BCUT2D eigenvalue weighted by Crippen LogP contribution is 2.24. The number of ether oxygens (including phenoxy) is 1. The van der Waals surface area contributed by atoms with Crippen LogP contribution in [0.2, 0.25) is 0 Å². The second-order valence-corrected chi connectivity index (χ2v) is 4.84. The van der Waals surface area contributed by atoms with Gasteiger partial charge in [0.25, 0.3) is 0 Å². The standard InChI is InChI=1S/C14H19NO4/c16-11-1-3-12(4-2-11)19-9-13(14(17)18)10-5-7-15-8-6-10/h1-4,10,13,15-16H,5-9H2,(H,17,18). The normalized spacial score (nSPS) is 17.9. The molecule has 3 N–H and O–H groups in total. The number of carboxylic acid groups (broad SMARTS) is 1. The van der Waals surface area contributed by atoms with E-state index < -0.39 is 11.9 Å². The van der Waals surface area contributed by atoms with Gasteiger partial charge >= 0.3 is 5.97 Å². The van der Waals surface area contributed by atoms with Gasteiger partial charge in [-0.15, -0.1) is 0 Å². The molecule has 0 saturated carbocycles. The van der Waals surface area contributed by atoms with Crippen LogP contribution in [0.25, 0.3) is 0 Å². The van der Waals surface area contributed by atoms with E-state index in [4.69, 9.17) is 9.84 Å². The van der Waals surface area contributed by atoms with Crippen molar-refractivity contribution in [3.63, 3.8) is 0 Å². The van der Waals surface area contributed by atoms with Crippen molar-refractivity contribution in [1.29, 1.82) is 0 Å². The third-order valence-electron chi connectivity index (χ3n) is 3.54. The van der Waals surface area contributed by atoms with E-state index in [1.807, 2.05) is 0 Å². The maximum atomic E-state index is 11.3. The van der Waals surface area contributed by atoms with Gasteiger partial charge in [-0.25, -0.2) is 0 Å². The Morgan fingerprint density at radius 3 is 2.53 bits per heavy atom. The zero-order chi connectivity index (χ0) is 13.7. The number of hydrogen-bond acceptors (Lipinski definition) is 4. The highest BCUT2D eigenvalue weighted by atomic mass is 16.5. The van der Waals surface area contributed by atoms with Gasteiger partial charge in [0.1, 0.15) is 18.1 Å². The molecule has 0 aromatic heterocycles. The van der Waals surface area contributed by atoms with Gasteiger partial charge in [0.15, 0.2) is 0 Å². The van der Waals surface area contributed by atoms with Crippen LogP contribution in [0.15, 0.2) is 24.3 Å². The van der Waals surface area contributed by atoms with Crippen molar-refractivity contribution >= 4 is 5.97 Å². The molecular formula is C14H19NO4. The third-order valence-corrected chi connectivity index (χ3v) is 3.54. The van der Waals surface area contributed by atoms with Gasteiger partial charge in [0, 0.05) is 0 Å². The lowest BCUT2D eigenvalue weighted by atomic mass is 9.85. The number of carboxylic acids is 1. The molecule has 0 bridgehead atoms. The first-order valence-corrected chi connectivity index (χ1v) is 6.52. The lowest BCUT2D eigenvalue weighted by molar-refractivity contribution is -0.145. The average Bonchev–Trinajstić information content (AvgIpc) is 2.42. The van der Waals surface area contributed by atoms with Crippen LogP contribution < -0.4 is 10.1 Å². The Balaban J connectivity index is 1.93. The number of piperidine rings is 1. The topological polar surface area (TPSA) is 78.8 Å². The number of hydrogen-bond donors (Lipinski definition) is 3. The molecule has 1 heterocycles. The minimum absolute atomic E-state index is 0.163. The zero-order valence-corrected chi connectivity index (χ0v) is 10.7. The first kappa shape index (κ1) is 13.7. The highest BCUT2D eigenvalue weighted by Gasteiger charge is 2.29. The lowest BCUT2D eigenvalue weighted by Gasteiger charge is -2.27. The van der Waals surface area contributed by atoms with E-state index in [1.165, 1.54) is 12.1 Å². The van der Waals surface area contributed by atoms with Crippen LogP contribution in [0.4, 0.5) is 0 Å². The summed E-state index contributed by atoms with van der Waals surface area (Å²) in [5.41, 5.74) is 0. The molecule has 5 nitrogen and oxygen atoms in total. The van der Waals surface area contributed by atoms with E-state index in [0.29, 0.717) is 5.75 Å². The Morgan fingerprint density at radius 2 is 1.95 bits per heavy atom. The Labute approximate surface area is 112 Å². The molecular weight excluding hydrogens is 246 g/mol. The van der Waals surface area contributed by atoms with Crippen molar-refractivity contribution in [1.82, 2.24) is 5.32 Å². The molecule has 1 aliphatic rings. The number of carbonyl (C=O) groups is 1. The maximum Gasteiger partial charge on any atom is 0.310 e. The van der Waals surface area contributed by atoms with E-state index in [0.717, 1.165) is 25.9 Å². The predicted molar refractivity (Wildman–Crippen MR) is 70.3 cm³/mol. The smallest absolute Gasteiger partial charge is 0.310 e. The lowest BCUT2D eigenvalue weighted by Crippen LogP contribution is -2.37. The minimum atomic E-state index is -0.800. The summed E-state index contributed by atoms with van der Waals surface area (Å²) in [7, 11) is 0. The summed E-state index contributed by atoms with van der Waals surface area (Å²) in [6.45, 7) is 1.91. The van der Waals surface area contributed by atoms with Crippen LogP contribution in [0.1, 0.15) is 12.8 Å². The minimum Gasteiger partial charge on any atom is -0.508 e. The summed E-state index contributed by atoms with van der Waals surface area (Å²) >= 11 is 0. The van der Waals surface area contributed by atoms with Crippen molar-refractivity contribution in [3.8, 4) is 11.5 Å². The summed E-state index contributed by atoms with van der Waals surface area (Å²) in [5.74, 6) is -0.365. The Hall–Kier alpha value is -1.75. The molecule has 1 unspecified atom stereocenters. The van der Waals surface area contributed by atoms with Crippen LogP contribution in [-0.4, -0.2) is 35.9 Å². The fourth-order valence-electron chi connectivity index (χ4n) is 2.38. The quantitative estimate of drug-likeness (QED) is 0.751. The summed E-state index contributed by atoms with van der Waals surface area (Å²) in [6.07, 6.45) is 1.74. The Bertz CT molecular complexity index is 412. The molecule has 2 rings (SSSR count). The molecule has 1 fully saturated rings. The molecule has 1 saturated heterocycles. The summed E-state index contributed by atoms with van der Waals surface area (Å²) in [5, 5.41) is 21.7. The van der Waals surface area contributed by atoms with Crippen molar-refractivity contribution in [2.45, 2.75) is 12.8 Å². The van der Waals surface area contributed by atoms with E-state index in [2.05, 4.69) is 5.32 Å². The molecule has 1 aromatic carbocycles. The number of aromatic hydroxyl groups is 1.